The average molecular weight is 474 g/mol. The van der Waals surface area contributed by atoms with Gasteiger partial charge in [0.05, 0.1) is 15.6 Å². The number of ether oxygens (including phenoxy) is 1. The number of piperidine rings is 1. The van der Waals surface area contributed by atoms with Crippen LogP contribution >= 0.6 is 11.6 Å². The standard InChI is InChI=1S/C19H28ClN5O5S/c1-19(2,3)30-18(27)23-12-5-7-25(8-6-12)15-13(20)9-11(16(26)24-17(21)22)10-14(15)31(4,28)29/h9-10,12H,5-8H2,1-4H3,(H,23,27)(H4,21,22,24,26). The van der Waals surface area contributed by atoms with Gasteiger partial charge in [-0.3, -0.25) is 4.79 Å². The van der Waals surface area contributed by atoms with Crippen LogP contribution in [0.5, 0.6) is 0 Å². The third kappa shape index (κ3) is 7.00. The van der Waals surface area contributed by atoms with E-state index in [0.29, 0.717) is 31.6 Å². The molecule has 1 fully saturated rings. The highest BCUT2D eigenvalue weighted by molar-refractivity contribution is 7.90. The van der Waals surface area contributed by atoms with E-state index in [0.717, 1.165) is 6.26 Å². The molecule has 1 aromatic carbocycles. The van der Waals surface area contributed by atoms with Crippen LogP contribution in [0.15, 0.2) is 22.0 Å². The van der Waals surface area contributed by atoms with Crippen LogP contribution in [-0.2, 0) is 14.6 Å². The summed E-state index contributed by atoms with van der Waals surface area (Å²) in [4.78, 5) is 29.3. The lowest BCUT2D eigenvalue weighted by atomic mass is 10.0. The van der Waals surface area contributed by atoms with Crippen LogP contribution in [0.4, 0.5) is 10.5 Å². The number of carbonyl (C=O) groups excluding carboxylic acids is 2. The van der Waals surface area contributed by atoms with E-state index in [2.05, 4.69) is 10.3 Å². The Balaban J connectivity index is 2.24. The number of benzene rings is 1. The third-order valence-corrected chi connectivity index (χ3v) is 5.84. The van der Waals surface area contributed by atoms with E-state index in [9.17, 15) is 18.0 Å². The maximum Gasteiger partial charge on any atom is 0.407 e. The summed E-state index contributed by atoms with van der Waals surface area (Å²) >= 11 is 6.39. The fourth-order valence-corrected chi connectivity index (χ4v) is 4.52. The Labute approximate surface area is 186 Å². The molecule has 5 N–H and O–H groups in total. The lowest BCUT2D eigenvalue weighted by molar-refractivity contribution is 0.0497. The Hall–Kier alpha value is -2.53. The Morgan fingerprint density at radius 3 is 2.29 bits per heavy atom. The molecule has 0 spiro atoms. The summed E-state index contributed by atoms with van der Waals surface area (Å²) in [5, 5.41) is 2.92. The predicted molar refractivity (Wildman–Crippen MR) is 119 cm³/mol. The Morgan fingerprint density at radius 2 is 1.81 bits per heavy atom. The number of aliphatic imine (C=N–C) groups is 1. The number of nitrogens with one attached hydrogen (secondary N) is 1. The summed E-state index contributed by atoms with van der Waals surface area (Å²) < 4.78 is 30.1. The van der Waals surface area contributed by atoms with E-state index < -0.39 is 33.4 Å². The van der Waals surface area contributed by atoms with Crippen molar-refractivity contribution >= 4 is 45.1 Å². The lowest BCUT2D eigenvalue weighted by Gasteiger charge is -2.35. The lowest BCUT2D eigenvalue weighted by Crippen LogP contribution is -2.46. The van der Waals surface area contributed by atoms with Gasteiger partial charge >= 0.3 is 6.09 Å². The summed E-state index contributed by atoms with van der Waals surface area (Å²) in [6, 6.07) is 2.44. The molecular weight excluding hydrogens is 446 g/mol. The first-order valence-electron chi connectivity index (χ1n) is 9.59. The minimum Gasteiger partial charge on any atom is -0.444 e. The minimum atomic E-state index is -3.72. The highest BCUT2D eigenvalue weighted by Crippen LogP contribution is 2.36. The molecule has 1 aliphatic rings. The van der Waals surface area contributed by atoms with Crippen LogP contribution in [0.2, 0.25) is 5.02 Å². The topological polar surface area (TPSA) is 157 Å². The molecule has 1 heterocycles. The summed E-state index contributed by atoms with van der Waals surface area (Å²) in [5.41, 5.74) is 10.1. The van der Waals surface area contributed by atoms with Gasteiger partial charge in [-0.2, -0.15) is 4.99 Å². The zero-order chi connectivity index (χ0) is 23.6. The molecule has 0 aliphatic carbocycles. The zero-order valence-electron chi connectivity index (χ0n) is 17.9. The molecule has 0 saturated carbocycles. The predicted octanol–water partition coefficient (Wildman–Crippen LogP) is 1.65. The van der Waals surface area contributed by atoms with E-state index in [1.54, 1.807) is 20.8 Å². The molecule has 0 radical (unpaired) electrons. The minimum absolute atomic E-state index is 0.0379. The first-order valence-corrected chi connectivity index (χ1v) is 11.9. The number of hydrogen-bond acceptors (Lipinski definition) is 6. The molecule has 2 amide bonds. The maximum atomic E-state index is 12.4. The molecule has 2 rings (SSSR count). The molecule has 0 bridgehead atoms. The smallest absolute Gasteiger partial charge is 0.407 e. The van der Waals surface area contributed by atoms with Gasteiger partial charge in [0.1, 0.15) is 5.60 Å². The van der Waals surface area contributed by atoms with Crippen LogP contribution in [0.3, 0.4) is 0 Å². The van der Waals surface area contributed by atoms with E-state index in [1.807, 2.05) is 4.90 Å². The van der Waals surface area contributed by atoms with Gasteiger partial charge in [-0.05, 0) is 45.7 Å². The second kappa shape index (κ2) is 9.31. The maximum absolute atomic E-state index is 12.4. The van der Waals surface area contributed by atoms with Crippen LogP contribution in [0, 0.1) is 0 Å². The number of nitrogens with zero attached hydrogens (tertiary/aromatic N) is 2. The Morgan fingerprint density at radius 1 is 1.23 bits per heavy atom. The molecule has 0 atom stereocenters. The Kier molecular flexibility index (Phi) is 7.43. The van der Waals surface area contributed by atoms with Gasteiger partial charge in [0, 0.05) is 31.0 Å². The molecule has 1 saturated heterocycles. The van der Waals surface area contributed by atoms with Crippen LogP contribution in [0.1, 0.15) is 44.0 Å². The van der Waals surface area contributed by atoms with Gasteiger partial charge in [-0.15, -0.1) is 0 Å². The molecule has 0 unspecified atom stereocenters. The van der Waals surface area contributed by atoms with Crippen molar-refractivity contribution in [2.24, 2.45) is 16.5 Å². The number of hydrogen-bond donors (Lipinski definition) is 3. The van der Waals surface area contributed by atoms with E-state index in [1.165, 1.54) is 12.1 Å². The first-order chi connectivity index (χ1) is 14.2. The molecule has 12 heteroatoms. The molecule has 1 aromatic rings. The van der Waals surface area contributed by atoms with Crippen molar-refractivity contribution < 1.29 is 22.7 Å². The van der Waals surface area contributed by atoms with Gasteiger partial charge in [-0.25, -0.2) is 13.2 Å². The SMILES string of the molecule is CC(C)(C)OC(=O)NC1CCN(c2c(Cl)cc(C(=O)N=C(N)N)cc2S(C)(=O)=O)CC1. The summed E-state index contributed by atoms with van der Waals surface area (Å²) in [6.07, 6.45) is 1.66. The van der Waals surface area contributed by atoms with Crippen LogP contribution < -0.4 is 21.7 Å². The summed E-state index contributed by atoms with van der Waals surface area (Å²) in [6.45, 7) is 6.25. The highest BCUT2D eigenvalue weighted by atomic mass is 35.5. The fourth-order valence-electron chi connectivity index (χ4n) is 3.19. The number of guanidine groups is 1. The quantitative estimate of drug-likeness (QED) is 0.440. The van der Waals surface area contributed by atoms with E-state index in [-0.39, 0.29) is 21.5 Å². The van der Waals surface area contributed by atoms with Gasteiger partial charge in [-0.1, -0.05) is 11.6 Å². The number of amides is 2. The van der Waals surface area contributed by atoms with E-state index in [4.69, 9.17) is 27.8 Å². The third-order valence-electron chi connectivity index (χ3n) is 4.44. The average Bonchev–Trinajstić information content (AvgIpc) is 2.59. The van der Waals surface area contributed by atoms with Crippen molar-refractivity contribution in [3.8, 4) is 0 Å². The van der Waals surface area contributed by atoms with E-state index >= 15 is 0 Å². The number of carbonyl (C=O) groups is 2. The highest BCUT2D eigenvalue weighted by Gasteiger charge is 2.29. The van der Waals surface area contributed by atoms with Gasteiger partial charge in [0.2, 0.25) is 0 Å². The number of nitrogens with two attached hydrogens (primary N) is 2. The van der Waals surface area contributed by atoms with Crippen molar-refractivity contribution in [1.29, 1.82) is 0 Å². The number of halogens is 1. The number of sulfone groups is 1. The summed E-state index contributed by atoms with van der Waals surface area (Å²) in [7, 11) is -3.72. The molecule has 0 aromatic heterocycles. The zero-order valence-corrected chi connectivity index (χ0v) is 19.5. The van der Waals surface area contributed by atoms with Crippen molar-refractivity contribution in [2.45, 2.75) is 50.2 Å². The second-order valence-electron chi connectivity index (χ2n) is 8.33. The number of rotatable bonds is 4. The van der Waals surface area contributed by atoms with Crippen LogP contribution in [-0.4, -0.2) is 57.4 Å². The molecular formula is C19H28ClN5O5S. The molecule has 10 nitrogen and oxygen atoms in total. The first kappa shape index (κ1) is 24.7. The monoisotopic (exact) mass is 473 g/mol. The number of alkyl carbamates (subject to hydrolysis) is 1. The molecule has 31 heavy (non-hydrogen) atoms. The van der Waals surface area contributed by atoms with Crippen molar-refractivity contribution in [3.05, 3.63) is 22.7 Å². The van der Waals surface area contributed by atoms with Gasteiger partial charge in [0.15, 0.2) is 15.8 Å². The largest absolute Gasteiger partial charge is 0.444 e. The Bertz CT molecular complexity index is 992. The van der Waals surface area contributed by atoms with Gasteiger partial charge in [0.25, 0.3) is 5.91 Å². The normalized spacial score (nSPS) is 15.3. The van der Waals surface area contributed by atoms with Crippen molar-refractivity contribution in [3.63, 3.8) is 0 Å². The number of anilines is 1. The second-order valence-corrected chi connectivity index (χ2v) is 10.7. The fraction of sp³-hybridized carbons (Fsp3) is 0.526. The molecule has 172 valence electrons. The van der Waals surface area contributed by atoms with Crippen LogP contribution in [0.25, 0.3) is 0 Å². The molecule has 1 aliphatic heterocycles. The van der Waals surface area contributed by atoms with Gasteiger partial charge < -0.3 is 26.4 Å². The summed E-state index contributed by atoms with van der Waals surface area (Å²) in [5.74, 6) is -1.23. The van der Waals surface area contributed by atoms with Crippen molar-refractivity contribution in [1.82, 2.24) is 5.32 Å². The van der Waals surface area contributed by atoms with Crippen molar-refractivity contribution in [2.75, 3.05) is 24.2 Å².